The number of likely N-dealkylation sites (tertiary alicyclic amines) is 1. The summed E-state index contributed by atoms with van der Waals surface area (Å²) < 4.78 is 0. The average Bonchev–Trinajstić information content (AvgIpc) is 2.60. The van der Waals surface area contributed by atoms with E-state index in [4.69, 9.17) is 0 Å². The molecule has 1 aromatic rings. The van der Waals surface area contributed by atoms with E-state index in [1.54, 1.807) is 11.8 Å². The molecule has 0 saturated carbocycles. The molecule has 0 atom stereocenters. The highest BCUT2D eigenvalue weighted by Crippen LogP contribution is 2.24. The molecular formula is C19H25N3O3. The molecule has 134 valence electrons. The standard InChI is InChI=1S/C19H25N3O3/c1-14(23)21-11-8-15(9-12-21)2-7-18(24)20-16-3-5-17(6-4-16)22-13-10-19(22)25/h3-6,15H,2,7-13H2,1H3,(H,20,24). The van der Waals surface area contributed by atoms with E-state index in [1.807, 2.05) is 29.2 Å². The number of nitrogens with one attached hydrogen (secondary N) is 1. The average molecular weight is 343 g/mol. The van der Waals surface area contributed by atoms with Gasteiger partial charge >= 0.3 is 0 Å². The SMILES string of the molecule is CC(=O)N1CCC(CCC(=O)Nc2ccc(N3CCC3=O)cc2)CC1. The molecule has 25 heavy (non-hydrogen) atoms. The van der Waals surface area contributed by atoms with Gasteiger partial charge in [0.2, 0.25) is 17.7 Å². The van der Waals surface area contributed by atoms with E-state index in [2.05, 4.69) is 5.32 Å². The number of piperidine rings is 1. The van der Waals surface area contributed by atoms with Gasteiger partial charge in [-0.3, -0.25) is 14.4 Å². The van der Waals surface area contributed by atoms with Crippen molar-refractivity contribution in [1.82, 2.24) is 4.90 Å². The number of carbonyl (C=O) groups excluding carboxylic acids is 3. The van der Waals surface area contributed by atoms with Crippen LogP contribution in [0.3, 0.4) is 0 Å². The van der Waals surface area contributed by atoms with Crippen molar-refractivity contribution in [3.8, 4) is 0 Å². The van der Waals surface area contributed by atoms with Crippen LogP contribution in [0.25, 0.3) is 0 Å². The van der Waals surface area contributed by atoms with E-state index in [9.17, 15) is 14.4 Å². The molecule has 1 N–H and O–H groups in total. The van der Waals surface area contributed by atoms with Crippen LogP contribution in [0.4, 0.5) is 11.4 Å². The Labute approximate surface area is 148 Å². The number of anilines is 2. The van der Waals surface area contributed by atoms with Crippen molar-refractivity contribution in [3.63, 3.8) is 0 Å². The summed E-state index contributed by atoms with van der Waals surface area (Å²) in [6.07, 6.45) is 3.93. The largest absolute Gasteiger partial charge is 0.343 e. The van der Waals surface area contributed by atoms with Crippen molar-refractivity contribution in [2.45, 2.75) is 39.0 Å². The third-order valence-corrected chi connectivity index (χ3v) is 5.15. The molecular weight excluding hydrogens is 318 g/mol. The molecule has 3 rings (SSSR count). The highest BCUT2D eigenvalue weighted by molar-refractivity contribution is 5.99. The third-order valence-electron chi connectivity index (χ3n) is 5.15. The molecule has 6 heteroatoms. The van der Waals surface area contributed by atoms with Gasteiger partial charge in [0.15, 0.2) is 0 Å². The molecule has 0 radical (unpaired) electrons. The highest BCUT2D eigenvalue weighted by Gasteiger charge is 2.25. The first-order chi connectivity index (χ1) is 12.0. The Bertz CT molecular complexity index is 648. The normalized spacial score (nSPS) is 18.0. The summed E-state index contributed by atoms with van der Waals surface area (Å²) >= 11 is 0. The van der Waals surface area contributed by atoms with Gasteiger partial charge in [-0.05, 0) is 49.4 Å². The second-order valence-corrected chi connectivity index (χ2v) is 6.88. The van der Waals surface area contributed by atoms with Crippen LogP contribution in [0, 0.1) is 5.92 Å². The number of rotatable bonds is 5. The van der Waals surface area contributed by atoms with Crippen molar-refractivity contribution < 1.29 is 14.4 Å². The summed E-state index contributed by atoms with van der Waals surface area (Å²) in [4.78, 5) is 38.5. The molecule has 2 aliphatic heterocycles. The fourth-order valence-corrected chi connectivity index (χ4v) is 3.41. The monoisotopic (exact) mass is 343 g/mol. The lowest BCUT2D eigenvalue weighted by atomic mass is 9.92. The molecule has 2 heterocycles. The molecule has 2 aliphatic rings. The first kappa shape index (κ1) is 17.5. The van der Waals surface area contributed by atoms with Gasteiger partial charge in [0.1, 0.15) is 0 Å². The maximum absolute atomic E-state index is 12.1. The topological polar surface area (TPSA) is 69.7 Å². The minimum absolute atomic E-state index is 0.0155. The van der Waals surface area contributed by atoms with Crippen LogP contribution in [0.15, 0.2) is 24.3 Å². The zero-order valence-corrected chi connectivity index (χ0v) is 14.7. The predicted octanol–water partition coefficient (Wildman–Crippen LogP) is 2.40. The molecule has 3 amide bonds. The van der Waals surface area contributed by atoms with Gasteiger partial charge in [0.05, 0.1) is 0 Å². The van der Waals surface area contributed by atoms with Crippen LogP contribution in [0.5, 0.6) is 0 Å². The Morgan fingerprint density at radius 3 is 2.32 bits per heavy atom. The van der Waals surface area contributed by atoms with Gasteiger partial charge in [-0.15, -0.1) is 0 Å². The lowest BCUT2D eigenvalue weighted by Gasteiger charge is -2.31. The smallest absolute Gasteiger partial charge is 0.228 e. The molecule has 6 nitrogen and oxygen atoms in total. The molecule has 0 unspecified atom stereocenters. The molecule has 2 fully saturated rings. The fraction of sp³-hybridized carbons (Fsp3) is 0.526. The van der Waals surface area contributed by atoms with Gasteiger partial charge in [-0.25, -0.2) is 0 Å². The maximum Gasteiger partial charge on any atom is 0.228 e. The van der Waals surface area contributed by atoms with Gasteiger partial charge < -0.3 is 15.1 Å². The minimum Gasteiger partial charge on any atom is -0.343 e. The number of hydrogen-bond acceptors (Lipinski definition) is 3. The number of amides is 3. The maximum atomic E-state index is 12.1. The summed E-state index contributed by atoms with van der Waals surface area (Å²) in [7, 11) is 0. The van der Waals surface area contributed by atoms with Crippen molar-refractivity contribution in [3.05, 3.63) is 24.3 Å². The number of hydrogen-bond donors (Lipinski definition) is 1. The summed E-state index contributed by atoms with van der Waals surface area (Å²) in [6.45, 7) is 3.99. The number of nitrogens with zero attached hydrogens (tertiary/aromatic N) is 2. The van der Waals surface area contributed by atoms with Gasteiger partial charge in [-0.2, -0.15) is 0 Å². The van der Waals surface area contributed by atoms with E-state index in [-0.39, 0.29) is 17.7 Å². The van der Waals surface area contributed by atoms with Gasteiger partial charge in [-0.1, -0.05) is 0 Å². The first-order valence-corrected chi connectivity index (χ1v) is 8.99. The van der Waals surface area contributed by atoms with E-state index < -0.39 is 0 Å². The summed E-state index contributed by atoms with van der Waals surface area (Å²) in [5.41, 5.74) is 1.64. The number of carbonyl (C=O) groups is 3. The zero-order valence-electron chi connectivity index (χ0n) is 14.7. The molecule has 0 bridgehead atoms. The van der Waals surface area contributed by atoms with E-state index >= 15 is 0 Å². The summed E-state index contributed by atoms with van der Waals surface area (Å²) in [6, 6.07) is 7.41. The number of β-lactam (4-membered cyclic amide) rings is 1. The molecule has 1 aromatic carbocycles. The Hall–Kier alpha value is -2.37. The molecule has 0 aliphatic carbocycles. The van der Waals surface area contributed by atoms with Crippen molar-refractivity contribution in [1.29, 1.82) is 0 Å². The van der Waals surface area contributed by atoms with Crippen LogP contribution >= 0.6 is 0 Å². The van der Waals surface area contributed by atoms with E-state index in [0.29, 0.717) is 18.8 Å². The quantitative estimate of drug-likeness (QED) is 0.835. The van der Waals surface area contributed by atoms with Crippen LogP contribution < -0.4 is 10.2 Å². The van der Waals surface area contributed by atoms with E-state index in [0.717, 1.165) is 50.3 Å². The van der Waals surface area contributed by atoms with E-state index in [1.165, 1.54) is 0 Å². The lowest BCUT2D eigenvalue weighted by molar-refractivity contribution is -0.130. The van der Waals surface area contributed by atoms with Gasteiger partial charge in [0.25, 0.3) is 0 Å². The zero-order chi connectivity index (χ0) is 17.8. The van der Waals surface area contributed by atoms with Crippen molar-refractivity contribution in [2.75, 3.05) is 29.9 Å². The summed E-state index contributed by atoms with van der Waals surface area (Å²) in [5.74, 6) is 0.815. The highest BCUT2D eigenvalue weighted by atomic mass is 16.2. The Kier molecular flexibility index (Phi) is 5.36. The molecule has 2 saturated heterocycles. The van der Waals surface area contributed by atoms with Crippen LogP contribution in [0.2, 0.25) is 0 Å². The second-order valence-electron chi connectivity index (χ2n) is 6.88. The summed E-state index contributed by atoms with van der Waals surface area (Å²) in [5, 5.41) is 2.91. The van der Waals surface area contributed by atoms with Crippen LogP contribution in [-0.2, 0) is 14.4 Å². The Morgan fingerprint density at radius 1 is 1.12 bits per heavy atom. The number of benzene rings is 1. The molecule has 0 spiro atoms. The van der Waals surface area contributed by atoms with Crippen LogP contribution in [-0.4, -0.2) is 42.3 Å². The first-order valence-electron chi connectivity index (χ1n) is 8.99. The second kappa shape index (κ2) is 7.68. The predicted molar refractivity (Wildman–Crippen MR) is 96.3 cm³/mol. The van der Waals surface area contributed by atoms with Crippen molar-refractivity contribution >= 4 is 29.1 Å². The third kappa shape index (κ3) is 4.38. The van der Waals surface area contributed by atoms with Gasteiger partial charge in [0, 0.05) is 50.8 Å². The Morgan fingerprint density at radius 2 is 1.80 bits per heavy atom. The minimum atomic E-state index is 0.0155. The van der Waals surface area contributed by atoms with Crippen LogP contribution in [0.1, 0.15) is 39.0 Å². The van der Waals surface area contributed by atoms with Crippen molar-refractivity contribution in [2.24, 2.45) is 5.92 Å². The fourth-order valence-electron chi connectivity index (χ4n) is 3.41. The Balaban J connectivity index is 1.40. The lowest BCUT2D eigenvalue weighted by Crippen LogP contribution is -2.43. The molecule has 0 aromatic heterocycles.